The number of ether oxygens (including phenoxy) is 1. The van der Waals surface area contributed by atoms with E-state index in [1.165, 1.54) is 0 Å². The fraction of sp³-hybridized carbons (Fsp3) is 0.357. The largest absolute Gasteiger partial charge is 0.385 e. The molecule has 0 unspecified atom stereocenters. The fourth-order valence-electron chi connectivity index (χ4n) is 1.76. The third-order valence-electron chi connectivity index (χ3n) is 2.81. The minimum Gasteiger partial charge on any atom is -0.385 e. The Morgan fingerprint density at radius 3 is 3.05 bits per heavy atom. The van der Waals surface area contributed by atoms with Gasteiger partial charge in [-0.1, -0.05) is 0 Å². The number of nitrogens with zero attached hydrogens (tertiary/aromatic N) is 3. The van der Waals surface area contributed by atoms with Crippen LogP contribution < -0.4 is 10.6 Å². The molecule has 7 nitrogen and oxygen atoms in total. The monoisotopic (exact) mass is 289 g/mol. The van der Waals surface area contributed by atoms with Gasteiger partial charge in [-0.3, -0.25) is 0 Å². The standard InChI is InChI=1S/C14H19N5O2/c1-21-9-3-5-16-14(20)17-11-12-4-7-15-13(10-12)19-8-2-6-18-19/h2,4,6-8,10H,3,5,9,11H2,1H3,(H2,16,17,20). The third-order valence-corrected chi connectivity index (χ3v) is 2.81. The van der Waals surface area contributed by atoms with Crippen LogP contribution in [0.15, 0.2) is 36.8 Å². The number of carbonyl (C=O) groups is 1. The molecule has 0 aliphatic rings. The topological polar surface area (TPSA) is 81.1 Å². The van der Waals surface area contributed by atoms with E-state index in [0.29, 0.717) is 19.7 Å². The van der Waals surface area contributed by atoms with Crippen LogP contribution in [0.5, 0.6) is 0 Å². The van der Waals surface area contributed by atoms with Gasteiger partial charge in [-0.25, -0.2) is 14.5 Å². The van der Waals surface area contributed by atoms with Crippen LogP contribution in [0.3, 0.4) is 0 Å². The predicted octanol–water partition coefficient (Wildman–Crippen LogP) is 1.10. The number of hydrogen-bond donors (Lipinski definition) is 2. The maximum Gasteiger partial charge on any atom is 0.315 e. The molecule has 0 saturated heterocycles. The van der Waals surface area contributed by atoms with Crippen molar-refractivity contribution in [1.82, 2.24) is 25.4 Å². The second kappa shape index (κ2) is 8.01. The van der Waals surface area contributed by atoms with Crippen molar-refractivity contribution in [1.29, 1.82) is 0 Å². The van der Waals surface area contributed by atoms with E-state index in [4.69, 9.17) is 4.74 Å². The van der Waals surface area contributed by atoms with E-state index < -0.39 is 0 Å². The second-order valence-electron chi connectivity index (χ2n) is 4.43. The first-order valence-electron chi connectivity index (χ1n) is 6.75. The number of nitrogens with one attached hydrogen (secondary N) is 2. The van der Waals surface area contributed by atoms with Gasteiger partial charge in [-0.15, -0.1) is 0 Å². The molecule has 2 aromatic rings. The van der Waals surface area contributed by atoms with E-state index in [-0.39, 0.29) is 6.03 Å². The van der Waals surface area contributed by atoms with Crippen molar-refractivity contribution in [3.63, 3.8) is 0 Å². The van der Waals surface area contributed by atoms with Crippen LogP contribution in [0.2, 0.25) is 0 Å². The Kier molecular flexibility index (Phi) is 5.71. The molecule has 112 valence electrons. The molecule has 2 amide bonds. The number of methoxy groups -OCH3 is 1. The molecular weight excluding hydrogens is 270 g/mol. The number of aromatic nitrogens is 3. The summed E-state index contributed by atoms with van der Waals surface area (Å²) >= 11 is 0. The summed E-state index contributed by atoms with van der Waals surface area (Å²) in [5.41, 5.74) is 0.961. The van der Waals surface area contributed by atoms with Crippen molar-refractivity contribution in [2.24, 2.45) is 0 Å². The van der Waals surface area contributed by atoms with Crippen molar-refractivity contribution >= 4 is 6.03 Å². The molecule has 0 saturated carbocycles. The molecule has 7 heteroatoms. The summed E-state index contributed by atoms with van der Waals surface area (Å²) in [5.74, 6) is 0.722. The highest BCUT2D eigenvalue weighted by atomic mass is 16.5. The Morgan fingerprint density at radius 2 is 2.29 bits per heavy atom. The predicted molar refractivity (Wildman–Crippen MR) is 78.1 cm³/mol. The van der Waals surface area contributed by atoms with Gasteiger partial charge < -0.3 is 15.4 Å². The lowest BCUT2D eigenvalue weighted by molar-refractivity contribution is 0.193. The van der Waals surface area contributed by atoms with E-state index in [1.807, 2.05) is 24.4 Å². The van der Waals surface area contributed by atoms with Gasteiger partial charge in [0.05, 0.1) is 0 Å². The van der Waals surface area contributed by atoms with Crippen LogP contribution in [0.25, 0.3) is 5.82 Å². The third kappa shape index (κ3) is 4.88. The van der Waals surface area contributed by atoms with Crippen molar-refractivity contribution in [2.45, 2.75) is 13.0 Å². The van der Waals surface area contributed by atoms with Gasteiger partial charge in [-0.2, -0.15) is 5.10 Å². The van der Waals surface area contributed by atoms with E-state index in [1.54, 1.807) is 24.2 Å². The lowest BCUT2D eigenvalue weighted by Crippen LogP contribution is -2.35. The van der Waals surface area contributed by atoms with Crippen molar-refractivity contribution < 1.29 is 9.53 Å². The van der Waals surface area contributed by atoms with Crippen molar-refractivity contribution in [2.75, 3.05) is 20.3 Å². The Labute approximate surface area is 123 Å². The quantitative estimate of drug-likeness (QED) is 0.748. The van der Waals surface area contributed by atoms with Crippen LogP contribution >= 0.6 is 0 Å². The number of hydrogen-bond acceptors (Lipinski definition) is 4. The molecule has 0 fully saturated rings. The first kappa shape index (κ1) is 15.0. The van der Waals surface area contributed by atoms with Gasteiger partial charge in [0.2, 0.25) is 0 Å². The van der Waals surface area contributed by atoms with Crippen LogP contribution in [0, 0.1) is 0 Å². The average molecular weight is 289 g/mol. The van der Waals surface area contributed by atoms with Crippen LogP contribution in [0.1, 0.15) is 12.0 Å². The number of carbonyl (C=O) groups excluding carboxylic acids is 1. The zero-order valence-corrected chi connectivity index (χ0v) is 12.0. The molecule has 2 aromatic heterocycles. The Balaban J connectivity index is 1.81. The average Bonchev–Trinajstić information content (AvgIpc) is 3.04. The molecule has 2 rings (SSSR count). The zero-order chi connectivity index (χ0) is 14.9. The van der Waals surface area contributed by atoms with Crippen LogP contribution in [-0.2, 0) is 11.3 Å². The van der Waals surface area contributed by atoms with E-state index >= 15 is 0 Å². The van der Waals surface area contributed by atoms with Crippen LogP contribution in [0.4, 0.5) is 4.79 Å². The highest BCUT2D eigenvalue weighted by molar-refractivity contribution is 5.73. The summed E-state index contributed by atoms with van der Waals surface area (Å²) in [6.45, 7) is 1.67. The number of pyridine rings is 1. The molecule has 0 aliphatic heterocycles. The molecule has 0 aromatic carbocycles. The van der Waals surface area contributed by atoms with Gasteiger partial charge in [0.1, 0.15) is 0 Å². The summed E-state index contributed by atoms with van der Waals surface area (Å²) < 4.78 is 6.59. The van der Waals surface area contributed by atoms with Gasteiger partial charge in [-0.05, 0) is 30.2 Å². The smallest absolute Gasteiger partial charge is 0.315 e. The molecule has 0 bridgehead atoms. The van der Waals surface area contributed by atoms with Gasteiger partial charge >= 0.3 is 6.03 Å². The van der Waals surface area contributed by atoms with E-state index in [2.05, 4.69) is 20.7 Å². The van der Waals surface area contributed by atoms with Crippen LogP contribution in [-0.4, -0.2) is 41.1 Å². The van der Waals surface area contributed by atoms with E-state index in [0.717, 1.165) is 17.8 Å². The summed E-state index contributed by atoms with van der Waals surface area (Å²) in [7, 11) is 1.64. The minimum atomic E-state index is -0.191. The maximum atomic E-state index is 11.6. The lowest BCUT2D eigenvalue weighted by atomic mass is 10.2. The lowest BCUT2D eigenvalue weighted by Gasteiger charge is -2.08. The molecule has 0 radical (unpaired) electrons. The van der Waals surface area contributed by atoms with Gasteiger partial charge in [0.15, 0.2) is 5.82 Å². The Hall–Kier alpha value is -2.41. The Bertz CT molecular complexity index is 556. The molecule has 0 aliphatic carbocycles. The highest BCUT2D eigenvalue weighted by Gasteiger charge is 2.02. The Morgan fingerprint density at radius 1 is 1.38 bits per heavy atom. The number of urea groups is 1. The molecule has 2 N–H and O–H groups in total. The zero-order valence-electron chi connectivity index (χ0n) is 12.0. The maximum absolute atomic E-state index is 11.6. The molecule has 2 heterocycles. The van der Waals surface area contributed by atoms with Crippen molar-refractivity contribution in [3.8, 4) is 5.82 Å². The SMILES string of the molecule is COCCCNC(=O)NCc1ccnc(-n2cccn2)c1. The fourth-order valence-corrected chi connectivity index (χ4v) is 1.76. The van der Waals surface area contributed by atoms with Crippen molar-refractivity contribution in [3.05, 3.63) is 42.4 Å². The van der Waals surface area contributed by atoms with Gasteiger partial charge in [0.25, 0.3) is 0 Å². The molecular formula is C14H19N5O2. The summed E-state index contributed by atoms with van der Waals surface area (Å²) in [6, 6.07) is 5.39. The molecule has 0 atom stereocenters. The summed E-state index contributed by atoms with van der Waals surface area (Å²) in [6.07, 6.45) is 6.01. The van der Waals surface area contributed by atoms with E-state index in [9.17, 15) is 4.79 Å². The summed E-state index contributed by atoms with van der Waals surface area (Å²) in [5, 5.41) is 9.69. The molecule has 21 heavy (non-hydrogen) atoms. The highest BCUT2D eigenvalue weighted by Crippen LogP contribution is 2.05. The normalized spacial score (nSPS) is 10.3. The number of rotatable bonds is 7. The van der Waals surface area contributed by atoms with Gasteiger partial charge in [0, 0.05) is 45.4 Å². The summed E-state index contributed by atoms with van der Waals surface area (Å²) in [4.78, 5) is 15.8. The second-order valence-corrected chi connectivity index (χ2v) is 4.43. The minimum absolute atomic E-state index is 0.191. The molecule has 0 spiro atoms. The number of amides is 2. The first-order chi connectivity index (χ1) is 10.3. The first-order valence-corrected chi connectivity index (χ1v) is 6.75.